The van der Waals surface area contributed by atoms with E-state index in [-0.39, 0.29) is 0 Å². The van der Waals surface area contributed by atoms with E-state index in [0.717, 1.165) is 29.9 Å². The number of halogens is 1. The largest absolute Gasteiger partial charge is 0.398 e. The van der Waals surface area contributed by atoms with E-state index < -0.39 is 0 Å². The molecule has 0 saturated carbocycles. The number of hydrogen-bond donors (Lipinski definition) is 2. The second-order valence-corrected chi connectivity index (χ2v) is 5.33. The van der Waals surface area contributed by atoms with Crippen molar-refractivity contribution < 1.29 is 4.74 Å². The van der Waals surface area contributed by atoms with Gasteiger partial charge >= 0.3 is 0 Å². The van der Waals surface area contributed by atoms with Crippen LogP contribution < -0.4 is 11.1 Å². The molecule has 4 heteroatoms. The summed E-state index contributed by atoms with van der Waals surface area (Å²) < 4.78 is 6.62. The third-order valence-corrected chi connectivity index (χ3v) is 3.76. The lowest BCUT2D eigenvalue weighted by Gasteiger charge is -2.22. The minimum atomic E-state index is 0.386. The highest BCUT2D eigenvalue weighted by Gasteiger charge is 2.12. The fourth-order valence-electron chi connectivity index (χ4n) is 2.05. The molecule has 1 heterocycles. The van der Waals surface area contributed by atoms with Gasteiger partial charge in [0, 0.05) is 29.9 Å². The minimum absolute atomic E-state index is 0.386. The number of ether oxygens (including phenoxy) is 1. The first-order valence-corrected chi connectivity index (χ1v) is 6.91. The Labute approximate surface area is 111 Å². The molecule has 1 aromatic carbocycles. The third kappa shape index (κ3) is 3.98. The topological polar surface area (TPSA) is 47.3 Å². The number of benzene rings is 1. The van der Waals surface area contributed by atoms with Gasteiger partial charge in [0.05, 0.1) is 6.10 Å². The molecule has 2 rings (SSSR count). The van der Waals surface area contributed by atoms with Gasteiger partial charge in [-0.1, -0.05) is 6.07 Å². The molecule has 0 amide bonds. The maximum atomic E-state index is 5.84. The summed E-state index contributed by atoms with van der Waals surface area (Å²) in [4.78, 5) is 0. The first kappa shape index (κ1) is 12.9. The van der Waals surface area contributed by atoms with Crippen LogP contribution in [0.5, 0.6) is 0 Å². The molecule has 0 aromatic heterocycles. The van der Waals surface area contributed by atoms with E-state index in [0.29, 0.717) is 6.10 Å². The summed E-state index contributed by atoms with van der Waals surface area (Å²) in [6.07, 6.45) is 4.06. The second kappa shape index (κ2) is 6.38. The van der Waals surface area contributed by atoms with Crippen LogP contribution >= 0.6 is 15.9 Å². The maximum absolute atomic E-state index is 5.84. The summed E-state index contributed by atoms with van der Waals surface area (Å²) in [7, 11) is 0. The van der Waals surface area contributed by atoms with Crippen LogP contribution in [0.3, 0.4) is 0 Å². The van der Waals surface area contributed by atoms with Crippen molar-refractivity contribution in [2.75, 3.05) is 18.9 Å². The summed E-state index contributed by atoms with van der Waals surface area (Å²) in [5, 5.41) is 3.42. The van der Waals surface area contributed by atoms with Crippen molar-refractivity contribution in [2.24, 2.45) is 0 Å². The predicted molar refractivity (Wildman–Crippen MR) is 73.9 cm³/mol. The van der Waals surface area contributed by atoms with E-state index in [1.54, 1.807) is 0 Å². The Bertz CT molecular complexity index is 364. The Morgan fingerprint density at radius 3 is 3.00 bits per heavy atom. The van der Waals surface area contributed by atoms with Crippen LogP contribution in [0.2, 0.25) is 0 Å². The monoisotopic (exact) mass is 298 g/mol. The van der Waals surface area contributed by atoms with Gasteiger partial charge < -0.3 is 15.8 Å². The highest BCUT2D eigenvalue weighted by atomic mass is 79.9. The first-order chi connectivity index (χ1) is 8.25. The fraction of sp³-hybridized carbons (Fsp3) is 0.538. The van der Waals surface area contributed by atoms with Gasteiger partial charge in [0.2, 0.25) is 0 Å². The predicted octanol–water partition coefficient (Wildman–Crippen LogP) is 2.69. The molecule has 0 radical (unpaired) electrons. The average Bonchev–Trinajstić information content (AvgIpc) is 2.35. The number of nitrogen functional groups attached to an aromatic ring is 1. The van der Waals surface area contributed by atoms with Gasteiger partial charge in [-0.15, -0.1) is 0 Å². The lowest BCUT2D eigenvalue weighted by Crippen LogP contribution is -2.31. The lowest BCUT2D eigenvalue weighted by atomic mass is 10.1. The Morgan fingerprint density at radius 1 is 1.41 bits per heavy atom. The van der Waals surface area contributed by atoms with E-state index in [4.69, 9.17) is 10.5 Å². The Balaban J connectivity index is 1.75. The van der Waals surface area contributed by atoms with Crippen LogP contribution in [0.15, 0.2) is 22.7 Å². The molecule has 1 aliphatic heterocycles. The highest BCUT2D eigenvalue weighted by Crippen LogP contribution is 2.20. The number of nitrogens with two attached hydrogens (primary N) is 1. The molecule has 0 aliphatic carbocycles. The summed E-state index contributed by atoms with van der Waals surface area (Å²) in [5.74, 6) is 0. The molecule has 1 fully saturated rings. The first-order valence-electron chi connectivity index (χ1n) is 6.12. The zero-order chi connectivity index (χ0) is 12.1. The van der Waals surface area contributed by atoms with Crippen molar-refractivity contribution in [1.29, 1.82) is 0 Å². The quantitative estimate of drug-likeness (QED) is 0.840. The van der Waals surface area contributed by atoms with Gasteiger partial charge in [0.15, 0.2) is 0 Å². The second-order valence-electron chi connectivity index (χ2n) is 4.48. The molecule has 1 aliphatic rings. The van der Waals surface area contributed by atoms with E-state index in [2.05, 4.69) is 27.3 Å². The van der Waals surface area contributed by atoms with Crippen LogP contribution in [0.1, 0.15) is 24.8 Å². The van der Waals surface area contributed by atoms with Crippen LogP contribution in [-0.2, 0) is 11.3 Å². The summed E-state index contributed by atoms with van der Waals surface area (Å²) in [6.45, 7) is 2.69. The van der Waals surface area contributed by atoms with Crippen molar-refractivity contribution in [1.82, 2.24) is 5.32 Å². The number of hydrogen-bond acceptors (Lipinski definition) is 3. The molecule has 0 spiro atoms. The van der Waals surface area contributed by atoms with Crippen LogP contribution in [0, 0.1) is 0 Å². The molecule has 0 bridgehead atoms. The molecule has 1 aromatic rings. The molecule has 94 valence electrons. The Morgan fingerprint density at radius 2 is 2.29 bits per heavy atom. The Hall–Kier alpha value is -0.580. The summed E-state index contributed by atoms with van der Waals surface area (Å²) in [5.41, 5.74) is 7.84. The zero-order valence-electron chi connectivity index (χ0n) is 9.92. The third-order valence-electron chi connectivity index (χ3n) is 3.04. The molecule has 3 N–H and O–H groups in total. The molecule has 1 saturated heterocycles. The number of rotatable bonds is 4. The normalized spacial score (nSPS) is 20.4. The molecular formula is C13H19BrN2O. The molecule has 17 heavy (non-hydrogen) atoms. The van der Waals surface area contributed by atoms with E-state index in [1.807, 2.05) is 12.1 Å². The fourth-order valence-corrected chi connectivity index (χ4v) is 2.30. The van der Waals surface area contributed by atoms with Gasteiger partial charge in [-0.05, 0) is 52.9 Å². The zero-order valence-corrected chi connectivity index (χ0v) is 11.5. The van der Waals surface area contributed by atoms with E-state index in [1.165, 1.54) is 24.8 Å². The smallest absolute Gasteiger partial charge is 0.0699 e. The lowest BCUT2D eigenvalue weighted by molar-refractivity contribution is 0.0168. The van der Waals surface area contributed by atoms with E-state index >= 15 is 0 Å². The SMILES string of the molecule is Nc1cc(CNCC2CCCCO2)ccc1Br. The standard InChI is InChI=1S/C13H19BrN2O/c14-12-5-4-10(7-13(12)15)8-16-9-11-3-1-2-6-17-11/h4-5,7,11,16H,1-3,6,8-9,15H2. The average molecular weight is 299 g/mol. The van der Waals surface area contributed by atoms with Crippen molar-refractivity contribution in [3.63, 3.8) is 0 Å². The van der Waals surface area contributed by atoms with Gasteiger partial charge in [0.25, 0.3) is 0 Å². The van der Waals surface area contributed by atoms with Gasteiger partial charge in [-0.2, -0.15) is 0 Å². The molecule has 3 nitrogen and oxygen atoms in total. The van der Waals surface area contributed by atoms with Crippen molar-refractivity contribution >= 4 is 21.6 Å². The molecular weight excluding hydrogens is 280 g/mol. The summed E-state index contributed by atoms with van der Waals surface area (Å²) >= 11 is 3.39. The Kier molecular flexibility index (Phi) is 4.83. The molecule has 1 unspecified atom stereocenters. The van der Waals surface area contributed by atoms with Crippen molar-refractivity contribution in [3.05, 3.63) is 28.2 Å². The van der Waals surface area contributed by atoms with Gasteiger partial charge in [0.1, 0.15) is 0 Å². The highest BCUT2D eigenvalue weighted by molar-refractivity contribution is 9.10. The van der Waals surface area contributed by atoms with Crippen molar-refractivity contribution in [2.45, 2.75) is 31.9 Å². The maximum Gasteiger partial charge on any atom is 0.0699 e. The van der Waals surface area contributed by atoms with Crippen molar-refractivity contribution in [3.8, 4) is 0 Å². The van der Waals surface area contributed by atoms with Gasteiger partial charge in [-0.25, -0.2) is 0 Å². The van der Waals surface area contributed by atoms with Crippen LogP contribution in [0.25, 0.3) is 0 Å². The minimum Gasteiger partial charge on any atom is -0.398 e. The number of anilines is 1. The van der Waals surface area contributed by atoms with Crippen LogP contribution in [0.4, 0.5) is 5.69 Å². The molecule has 1 atom stereocenters. The number of nitrogens with one attached hydrogen (secondary N) is 1. The summed E-state index contributed by atoms with van der Waals surface area (Å²) in [6, 6.07) is 6.07. The van der Waals surface area contributed by atoms with E-state index in [9.17, 15) is 0 Å². The van der Waals surface area contributed by atoms with Crippen LogP contribution in [-0.4, -0.2) is 19.3 Å². The van der Waals surface area contributed by atoms with Gasteiger partial charge in [-0.3, -0.25) is 0 Å².